The Labute approximate surface area is 271 Å². The average Bonchev–Trinajstić information content (AvgIpc) is 3.79. The lowest BCUT2D eigenvalue weighted by atomic mass is 9.84. The number of hydrogen-bond acceptors (Lipinski definition) is 5. The minimum atomic E-state index is 0.415. The Morgan fingerprint density at radius 3 is 1.87 bits per heavy atom. The molecule has 0 fully saturated rings. The van der Waals surface area contributed by atoms with E-state index in [1.807, 2.05) is 41.2 Å². The van der Waals surface area contributed by atoms with Gasteiger partial charge in [0.1, 0.15) is 28.3 Å². The SMILES string of the molecule is CC(C)c1cccc(C(C)C)c1-c1ccc2c(c1)c1ccc(Oc3ccc4c(c3)c3nccn3c3nccnc43)cc1c1nccn21. The molecule has 5 aromatic heterocycles. The first-order valence-corrected chi connectivity index (χ1v) is 16.1. The van der Waals surface area contributed by atoms with Crippen molar-refractivity contribution in [3.05, 3.63) is 121 Å². The molecule has 0 atom stereocenters. The Kier molecular flexibility index (Phi) is 6.06. The summed E-state index contributed by atoms with van der Waals surface area (Å²) >= 11 is 0. The molecule has 228 valence electrons. The van der Waals surface area contributed by atoms with Gasteiger partial charge in [0.2, 0.25) is 0 Å². The zero-order valence-corrected chi connectivity index (χ0v) is 26.6. The molecular weight excluding hydrogens is 580 g/mol. The van der Waals surface area contributed by atoms with Crippen molar-refractivity contribution >= 4 is 54.9 Å². The predicted molar refractivity (Wildman–Crippen MR) is 190 cm³/mol. The molecule has 9 rings (SSSR count). The van der Waals surface area contributed by atoms with Crippen molar-refractivity contribution in [1.29, 1.82) is 0 Å². The van der Waals surface area contributed by atoms with Crippen LogP contribution in [0.3, 0.4) is 0 Å². The Bertz CT molecular complexity index is 2660. The van der Waals surface area contributed by atoms with Gasteiger partial charge in [-0.1, -0.05) is 52.0 Å². The van der Waals surface area contributed by atoms with E-state index in [1.54, 1.807) is 18.6 Å². The van der Waals surface area contributed by atoms with Crippen LogP contribution in [0.1, 0.15) is 50.7 Å². The molecule has 7 nitrogen and oxygen atoms in total. The number of hydrogen-bond donors (Lipinski definition) is 0. The highest BCUT2D eigenvalue weighted by atomic mass is 16.5. The number of benzene rings is 4. The monoisotopic (exact) mass is 612 g/mol. The molecule has 7 heteroatoms. The number of rotatable bonds is 5. The van der Waals surface area contributed by atoms with Crippen LogP contribution in [-0.2, 0) is 0 Å². The smallest absolute Gasteiger partial charge is 0.165 e. The molecule has 0 unspecified atom stereocenters. The first-order chi connectivity index (χ1) is 23.0. The summed E-state index contributed by atoms with van der Waals surface area (Å²) in [5.74, 6) is 2.29. The standard InChI is InChI=1S/C40H32N6O/c1-23(2)28-6-5-7-29(24(3)4)36(28)25-8-13-35-32(20-25)30-11-9-26(21-33(30)38-43-16-18-45(35)38)47-27-10-12-31-34(22-27)39-44-17-19-46(39)40-37(31)41-14-15-42-40/h5-24H,1-4H3. The quantitative estimate of drug-likeness (QED) is 0.181. The van der Waals surface area contributed by atoms with Gasteiger partial charge in [0.25, 0.3) is 0 Å². The van der Waals surface area contributed by atoms with Gasteiger partial charge in [-0.3, -0.25) is 13.8 Å². The van der Waals surface area contributed by atoms with Gasteiger partial charge < -0.3 is 4.74 Å². The molecule has 9 aromatic rings. The number of pyridine rings is 2. The lowest BCUT2D eigenvalue weighted by Gasteiger charge is -2.21. The summed E-state index contributed by atoms with van der Waals surface area (Å²) in [7, 11) is 0. The fourth-order valence-corrected chi connectivity index (χ4v) is 7.19. The van der Waals surface area contributed by atoms with Crippen LogP contribution >= 0.6 is 0 Å². The van der Waals surface area contributed by atoms with Crippen molar-refractivity contribution in [2.24, 2.45) is 0 Å². The summed E-state index contributed by atoms with van der Waals surface area (Å²) in [6.07, 6.45) is 11.0. The summed E-state index contributed by atoms with van der Waals surface area (Å²) in [6, 6.07) is 26.0. The van der Waals surface area contributed by atoms with E-state index in [0.29, 0.717) is 11.8 Å². The molecule has 0 aliphatic heterocycles. The van der Waals surface area contributed by atoms with Gasteiger partial charge in [-0.15, -0.1) is 0 Å². The van der Waals surface area contributed by atoms with Crippen LogP contribution < -0.4 is 4.74 Å². The molecule has 0 amide bonds. The van der Waals surface area contributed by atoms with Crippen LogP contribution in [-0.4, -0.2) is 28.7 Å². The first-order valence-electron chi connectivity index (χ1n) is 16.1. The molecule has 0 spiro atoms. The van der Waals surface area contributed by atoms with E-state index in [4.69, 9.17) is 9.72 Å². The first kappa shape index (κ1) is 27.5. The van der Waals surface area contributed by atoms with Crippen molar-refractivity contribution in [2.75, 3.05) is 0 Å². The van der Waals surface area contributed by atoms with Gasteiger partial charge in [-0.05, 0) is 88.0 Å². The Hall–Kier alpha value is -5.82. The highest BCUT2D eigenvalue weighted by Gasteiger charge is 2.18. The normalized spacial score (nSPS) is 12.2. The van der Waals surface area contributed by atoms with Gasteiger partial charge in [0.15, 0.2) is 5.65 Å². The van der Waals surface area contributed by atoms with E-state index in [0.717, 1.165) is 61.0 Å². The van der Waals surface area contributed by atoms with Crippen molar-refractivity contribution < 1.29 is 4.74 Å². The van der Waals surface area contributed by atoms with E-state index in [-0.39, 0.29) is 0 Å². The highest BCUT2D eigenvalue weighted by molar-refractivity contribution is 6.13. The zero-order valence-electron chi connectivity index (χ0n) is 26.6. The molecule has 0 N–H and O–H groups in total. The second-order valence-electron chi connectivity index (χ2n) is 12.8. The van der Waals surface area contributed by atoms with Crippen LogP contribution in [0.4, 0.5) is 0 Å². The second-order valence-corrected chi connectivity index (χ2v) is 12.8. The van der Waals surface area contributed by atoms with E-state index >= 15 is 0 Å². The van der Waals surface area contributed by atoms with Crippen molar-refractivity contribution in [1.82, 2.24) is 28.7 Å². The van der Waals surface area contributed by atoms with E-state index in [1.165, 1.54) is 27.6 Å². The molecule has 0 radical (unpaired) electrons. The number of fused-ring (bicyclic) bond motifs is 12. The summed E-state index contributed by atoms with van der Waals surface area (Å²) in [4.78, 5) is 18.6. The zero-order chi connectivity index (χ0) is 31.8. The minimum Gasteiger partial charge on any atom is -0.457 e. The maximum Gasteiger partial charge on any atom is 0.165 e. The number of nitrogens with zero attached hydrogens (tertiary/aromatic N) is 6. The molecule has 0 bridgehead atoms. The maximum atomic E-state index is 6.54. The second kappa shape index (κ2) is 10.4. The average molecular weight is 613 g/mol. The van der Waals surface area contributed by atoms with Crippen molar-refractivity contribution in [2.45, 2.75) is 39.5 Å². The van der Waals surface area contributed by atoms with Crippen molar-refractivity contribution in [3.8, 4) is 22.6 Å². The topological polar surface area (TPSA) is 69.6 Å². The lowest BCUT2D eigenvalue weighted by molar-refractivity contribution is 0.484. The lowest BCUT2D eigenvalue weighted by Crippen LogP contribution is -2.00. The Morgan fingerprint density at radius 1 is 0.532 bits per heavy atom. The van der Waals surface area contributed by atoms with Crippen LogP contribution in [0, 0.1) is 0 Å². The number of ether oxygens (including phenoxy) is 1. The third kappa shape index (κ3) is 4.19. The summed E-state index contributed by atoms with van der Waals surface area (Å²) in [6.45, 7) is 9.11. The van der Waals surface area contributed by atoms with Gasteiger partial charge in [-0.2, -0.15) is 0 Å². The molecule has 0 saturated carbocycles. The van der Waals surface area contributed by atoms with E-state index in [2.05, 4.69) is 102 Å². The van der Waals surface area contributed by atoms with Gasteiger partial charge in [0, 0.05) is 58.7 Å². The number of aromatic nitrogens is 6. The molecule has 47 heavy (non-hydrogen) atoms. The largest absolute Gasteiger partial charge is 0.457 e. The molecule has 5 heterocycles. The molecule has 4 aromatic carbocycles. The van der Waals surface area contributed by atoms with E-state index in [9.17, 15) is 0 Å². The predicted octanol–water partition coefficient (Wildman–Crippen LogP) is 10.1. The van der Waals surface area contributed by atoms with Gasteiger partial charge in [-0.25, -0.2) is 15.0 Å². The van der Waals surface area contributed by atoms with Crippen LogP contribution in [0.15, 0.2) is 110 Å². The van der Waals surface area contributed by atoms with Gasteiger partial charge >= 0.3 is 0 Å². The summed E-state index contributed by atoms with van der Waals surface area (Å²) in [5, 5.41) is 5.31. The fourth-order valence-electron chi connectivity index (χ4n) is 7.19. The van der Waals surface area contributed by atoms with Crippen LogP contribution in [0.25, 0.3) is 66.0 Å². The molecule has 0 aliphatic carbocycles. The summed E-state index contributed by atoms with van der Waals surface area (Å²) < 4.78 is 10.7. The third-order valence-corrected chi connectivity index (χ3v) is 9.35. The minimum absolute atomic E-state index is 0.415. The van der Waals surface area contributed by atoms with Crippen LogP contribution in [0.5, 0.6) is 11.5 Å². The Balaban J connectivity index is 1.20. The molecule has 0 saturated heterocycles. The highest BCUT2D eigenvalue weighted by Crippen LogP contribution is 2.40. The maximum absolute atomic E-state index is 6.54. The molecule has 0 aliphatic rings. The summed E-state index contributed by atoms with van der Waals surface area (Å²) in [5.41, 5.74) is 9.80. The van der Waals surface area contributed by atoms with Crippen LogP contribution in [0.2, 0.25) is 0 Å². The molecular formula is C40H32N6O. The fraction of sp³-hybridized carbons (Fsp3) is 0.150. The Morgan fingerprint density at radius 2 is 1.15 bits per heavy atom. The van der Waals surface area contributed by atoms with Crippen molar-refractivity contribution in [3.63, 3.8) is 0 Å². The van der Waals surface area contributed by atoms with Gasteiger partial charge in [0.05, 0.1) is 5.52 Å². The number of imidazole rings is 2. The third-order valence-electron chi connectivity index (χ3n) is 9.35. The van der Waals surface area contributed by atoms with E-state index < -0.39 is 0 Å².